The first-order valence-corrected chi connectivity index (χ1v) is 6.16. The van der Waals surface area contributed by atoms with E-state index >= 15 is 0 Å². The van der Waals surface area contributed by atoms with E-state index in [1.807, 2.05) is 42.3 Å². The molecule has 4 heteroatoms. The fraction of sp³-hybridized carbons (Fsp3) is 0.200. The highest BCUT2D eigenvalue weighted by Gasteiger charge is 2.16. The second-order valence-corrected chi connectivity index (χ2v) is 4.44. The average molecular weight is 253 g/mol. The van der Waals surface area contributed by atoms with E-state index in [2.05, 4.69) is 22.1 Å². The number of aryl methyl sites for hydroxylation is 1. The van der Waals surface area contributed by atoms with Crippen molar-refractivity contribution in [2.75, 3.05) is 12.0 Å². The molecule has 0 spiro atoms. The van der Waals surface area contributed by atoms with Crippen LogP contribution in [0.1, 0.15) is 5.69 Å². The van der Waals surface area contributed by atoms with E-state index in [-0.39, 0.29) is 6.35 Å². The molecule has 0 amide bonds. The number of benzene rings is 1. The van der Waals surface area contributed by atoms with Gasteiger partial charge in [-0.15, -0.1) is 0 Å². The third-order valence-electron chi connectivity index (χ3n) is 3.11. The van der Waals surface area contributed by atoms with Crippen LogP contribution in [0.5, 0.6) is 0 Å². The zero-order valence-corrected chi connectivity index (χ0v) is 10.9. The summed E-state index contributed by atoms with van der Waals surface area (Å²) in [4.78, 5) is 10.8. The van der Waals surface area contributed by atoms with Gasteiger partial charge in [-0.2, -0.15) is 0 Å². The number of pyridine rings is 1. The molecule has 19 heavy (non-hydrogen) atoms. The first-order valence-electron chi connectivity index (χ1n) is 6.16. The number of nitrogens with zero attached hydrogens (tertiary/aromatic N) is 3. The van der Waals surface area contributed by atoms with Crippen LogP contribution in [-0.4, -0.2) is 24.7 Å². The minimum absolute atomic E-state index is 0.305. The summed E-state index contributed by atoms with van der Waals surface area (Å²) < 4.78 is 5.35. The summed E-state index contributed by atoms with van der Waals surface area (Å²) in [5.74, 6) is 0. The van der Waals surface area contributed by atoms with Gasteiger partial charge in [-0.05, 0) is 37.3 Å². The standard InChI is InChI=1S/C15H15N3O/c1-11-4-5-12-10-13(6-7-14(12)17-11)18-9-3-8-16-15(18)19-2/h3-10,15H,1-2H3. The number of hydrogen-bond acceptors (Lipinski definition) is 4. The molecule has 1 aromatic heterocycles. The first kappa shape index (κ1) is 11.9. The van der Waals surface area contributed by atoms with E-state index in [0.29, 0.717) is 0 Å². The van der Waals surface area contributed by atoms with Crippen LogP contribution in [0.2, 0.25) is 0 Å². The summed E-state index contributed by atoms with van der Waals surface area (Å²) in [5.41, 5.74) is 3.07. The molecule has 1 aliphatic heterocycles. The molecule has 4 nitrogen and oxygen atoms in total. The van der Waals surface area contributed by atoms with Crippen molar-refractivity contribution < 1.29 is 4.74 Å². The third-order valence-corrected chi connectivity index (χ3v) is 3.11. The number of fused-ring (bicyclic) bond motifs is 1. The normalized spacial score (nSPS) is 18.2. The van der Waals surface area contributed by atoms with E-state index in [1.54, 1.807) is 13.3 Å². The molecule has 96 valence electrons. The molecule has 0 saturated carbocycles. The molecule has 1 aromatic carbocycles. The van der Waals surface area contributed by atoms with Gasteiger partial charge < -0.3 is 9.64 Å². The third kappa shape index (κ3) is 2.22. The number of aromatic nitrogens is 1. The van der Waals surface area contributed by atoms with Gasteiger partial charge in [0.15, 0.2) is 0 Å². The molecule has 0 saturated heterocycles. The summed E-state index contributed by atoms with van der Waals surface area (Å²) in [6, 6.07) is 10.3. The van der Waals surface area contributed by atoms with Gasteiger partial charge in [-0.25, -0.2) is 4.99 Å². The van der Waals surface area contributed by atoms with Crippen molar-refractivity contribution in [2.24, 2.45) is 4.99 Å². The largest absolute Gasteiger partial charge is 0.342 e. The van der Waals surface area contributed by atoms with Crippen LogP contribution in [0.3, 0.4) is 0 Å². The lowest BCUT2D eigenvalue weighted by Gasteiger charge is -2.28. The van der Waals surface area contributed by atoms with Gasteiger partial charge in [-0.1, -0.05) is 6.07 Å². The number of rotatable bonds is 2. The van der Waals surface area contributed by atoms with Crippen LogP contribution in [0.15, 0.2) is 47.6 Å². The van der Waals surface area contributed by atoms with Crippen LogP contribution in [0, 0.1) is 6.92 Å². The van der Waals surface area contributed by atoms with Crippen LogP contribution >= 0.6 is 0 Å². The molecule has 0 fully saturated rings. The Bertz CT molecular complexity index is 663. The van der Waals surface area contributed by atoms with Crippen LogP contribution < -0.4 is 4.90 Å². The summed E-state index contributed by atoms with van der Waals surface area (Å²) in [6.45, 7) is 2.00. The monoisotopic (exact) mass is 253 g/mol. The van der Waals surface area contributed by atoms with E-state index in [0.717, 1.165) is 22.3 Å². The maximum absolute atomic E-state index is 5.35. The molecule has 1 aliphatic rings. The molecule has 3 rings (SSSR count). The lowest BCUT2D eigenvalue weighted by molar-refractivity contribution is 0.114. The number of methoxy groups -OCH3 is 1. The van der Waals surface area contributed by atoms with Gasteiger partial charge in [0, 0.05) is 36.3 Å². The number of allylic oxidation sites excluding steroid dienone is 1. The molecule has 2 aromatic rings. The summed E-state index contributed by atoms with van der Waals surface area (Å²) >= 11 is 0. The van der Waals surface area contributed by atoms with Crippen molar-refractivity contribution in [1.29, 1.82) is 0 Å². The Morgan fingerprint density at radius 3 is 2.95 bits per heavy atom. The van der Waals surface area contributed by atoms with Crippen molar-refractivity contribution in [3.05, 3.63) is 48.3 Å². The maximum Gasteiger partial charge on any atom is 0.231 e. The van der Waals surface area contributed by atoms with Gasteiger partial charge in [0.25, 0.3) is 0 Å². The topological polar surface area (TPSA) is 37.7 Å². The lowest BCUT2D eigenvalue weighted by Crippen LogP contribution is -2.32. The fourth-order valence-electron chi connectivity index (χ4n) is 2.16. The van der Waals surface area contributed by atoms with Gasteiger partial charge in [0.05, 0.1) is 5.52 Å². The van der Waals surface area contributed by atoms with Crippen LogP contribution in [0.25, 0.3) is 10.9 Å². The Balaban J connectivity index is 2.03. The SMILES string of the molecule is COC1N=CC=CN1c1ccc2nc(C)ccc2c1. The molecular formula is C15H15N3O. The highest BCUT2D eigenvalue weighted by Crippen LogP contribution is 2.24. The van der Waals surface area contributed by atoms with E-state index in [1.165, 1.54) is 0 Å². The van der Waals surface area contributed by atoms with Crippen molar-refractivity contribution in [1.82, 2.24) is 4.98 Å². The van der Waals surface area contributed by atoms with Gasteiger partial charge >= 0.3 is 0 Å². The minimum Gasteiger partial charge on any atom is -0.342 e. The molecule has 1 unspecified atom stereocenters. The Kier molecular flexibility index (Phi) is 3.01. The smallest absolute Gasteiger partial charge is 0.231 e. The number of anilines is 1. The Hall–Kier alpha value is -2.20. The Morgan fingerprint density at radius 1 is 1.21 bits per heavy atom. The average Bonchev–Trinajstić information content (AvgIpc) is 2.46. The van der Waals surface area contributed by atoms with Crippen molar-refractivity contribution in [2.45, 2.75) is 13.3 Å². The molecule has 0 N–H and O–H groups in total. The predicted molar refractivity (Wildman–Crippen MR) is 77.4 cm³/mol. The number of aliphatic imine (C=N–C) groups is 1. The summed E-state index contributed by atoms with van der Waals surface area (Å²) in [7, 11) is 1.65. The van der Waals surface area contributed by atoms with Crippen LogP contribution in [-0.2, 0) is 4.74 Å². The van der Waals surface area contributed by atoms with E-state index < -0.39 is 0 Å². The second-order valence-electron chi connectivity index (χ2n) is 4.44. The number of ether oxygens (including phenoxy) is 1. The minimum atomic E-state index is -0.305. The second kappa shape index (κ2) is 4.82. The van der Waals surface area contributed by atoms with Crippen LogP contribution in [0.4, 0.5) is 5.69 Å². The predicted octanol–water partition coefficient (Wildman–Crippen LogP) is 2.88. The Labute approximate surface area is 112 Å². The highest BCUT2D eigenvalue weighted by atomic mass is 16.5. The quantitative estimate of drug-likeness (QED) is 0.826. The molecular weight excluding hydrogens is 238 g/mol. The number of hydrogen-bond donors (Lipinski definition) is 0. The molecule has 0 radical (unpaired) electrons. The van der Waals surface area contributed by atoms with Crippen molar-refractivity contribution >= 4 is 22.8 Å². The first-order chi connectivity index (χ1) is 9.28. The van der Waals surface area contributed by atoms with Crippen molar-refractivity contribution in [3.63, 3.8) is 0 Å². The van der Waals surface area contributed by atoms with Gasteiger partial charge in [-0.3, -0.25) is 4.98 Å². The lowest BCUT2D eigenvalue weighted by atomic mass is 10.1. The van der Waals surface area contributed by atoms with E-state index in [4.69, 9.17) is 4.74 Å². The molecule has 0 bridgehead atoms. The molecule has 1 atom stereocenters. The zero-order chi connectivity index (χ0) is 13.2. The van der Waals surface area contributed by atoms with Gasteiger partial charge in [0.1, 0.15) is 0 Å². The fourth-order valence-corrected chi connectivity index (χ4v) is 2.16. The van der Waals surface area contributed by atoms with Crippen molar-refractivity contribution in [3.8, 4) is 0 Å². The molecule has 0 aliphatic carbocycles. The van der Waals surface area contributed by atoms with E-state index in [9.17, 15) is 0 Å². The zero-order valence-electron chi connectivity index (χ0n) is 10.9. The molecule has 2 heterocycles. The summed E-state index contributed by atoms with van der Waals surface area (Å²) in [5, 5.41) is 1.11. The Morgan fingerprint density at radius 2 is 2.11 bits per heavy atom. The maximum atomic E-state index is 5.35. The van der Waals surface area contributed by atoms with Gasteiger partial charge in [0.2, 0.25) is 6.35 Å². The highest BCUT2D eigenvalue weighted by molar-refractivity contribution is 5.83. The summed E-state index contributed by atoms with van der Waals surface area (Å²) in [6.07, 6.45) is 5.30.